The molecule has 0 aliphatic heterocycles. The maximum atomic E-state index is 13.4. The first-order valence-corrected chi connectivity index (χ1v) is 13.6. The van der Waals surface area contributed by atoms with Crippen LogP contribution < -0.4 is 10.1 Å². The molecule has 0 N–H and O–H groups in total. The number of halogens is 2. The van der Waals surface area contributed by atoms with Gasteiger partial charge in [-0.2, -0.15) is 14.6 Å². The highest BCUT2D eigenvalue weighted by molar-refractivity contribution is 7.15. The Bertz CT molecular complexity index is 2130. The molecule has 39 heavy (non-hydrogen) atoms. The second kappa shape index (κ2) is 9.47. The summed E-state index contributed by atoms with van der Waals surface area (Å²) in [6.45, 7) is 0. The smallest absolute Gasteiger partial charge is 0.266 e. The Hall–Kier alpha value is -4.30. The minimum atomic E-state index is -0.254. The lowest BCUT2D eigenvalue weighted by molar-refractivity contribution is 0.884. The summed E-state index contributed by atoms with van der Waals surface area (Å²) in [5.74, 6) is 0.375. The molecule has 7 rings (SSSR count). The first kappa shape index (κ1) is 23.8. The number of thiazole rings is 1. The number of fused-ring (bicyclic) bond motifs is 2. The van der Waals surface area contributed by atoms with E-state index in [1.807, 2.05) is 59.4 Å². The van der Waals surface area contributed by atoms with Gasteiger partial charge in [0.05, 0.1) is 15.2 Å². The van der Waals surface area contributed by atoms with Gasteiger partial charge in [-0.05, 0) is 53.2 Å². The highest BCUT2D eigenvalue weighted by atomic mass is 35.5. The third-order valence-corrected chi connectivity index (χ3v) is 7.93. The van der Waals surface area contributed by atoms with Gasteiger partial charge < -0.3 is 0 Å². The number of rotatable bonds is 4. The summed E-state index contributed by atoms with van der Waals surface area (Å²) in [5.41, 5.74) is 3.84. The Balaban J connectivity index is 1.38. The maximum absolute atomic E-state index is 13.4. The van der Waals surface area contributed by atoms with Crippen molar-refractivity contribution in [1.29, 1.82) is 0 Å². The summed E-state index contributed by atoms with van der Waals surface area (Å²) in [5, 5.41) is 12.6. The number of aromatic nitrogens is 5. The maximum Gasteiger partial charge on any atom is 0.291 e. The summed E-state index contributed by atoms with van der Waals surface area (Å²) in [6, 6.07) is 29.4. The Morgan fingerprint density at radius 1 is 0.821 bits per heavy atom. The van der Waals surface area contributed by atoms with Crippen LogP contribution in [0.2, 0.25) is 10.0 Å². The van der Waals surface area contributed by atoms with E-state index < -0.39 is 0 Å². The molecule has 3 aromatic heterocycles. The van der Waals surface area contributed by atoms with E-state index >= 15 is 0 Å². The summed E-state index contributed by atoms with van der Waals surface area (Å²) < 4.78 is 3.65. The van der Waals surface area contributed by atoms with Crippen molar-refractivity contribution in [3.63, 3.8) is 0 Å². The summed E-state index contributed by atoms with van der Waals surface area (Å²) in [7, 11) is 0. The van der Waals surface area contributed by atoms with Gasteiger partial charge in [0, 0.05) is 27.9 Å². The minimum Gasteiger partial charge on any atom is -0.266 e. The zero-order valence-electron chi connectivity index (χ0n) is 20.1. The number of nitrogens with zero attached hydrogens (tertiary/aromatic N) is 5. The fraction of sp³-hybridized carbons (Fsp3) is 0. The summed E-state index contributed by atoms with van der Waals surface area (Å²) in [6.07, 6.45) is 3.80. The monoisotopic (exact) mass is 565 g/mol. The van der Waals surface area contributed by atoms with E-state index in [1.165, 1.54) is 15.9 Å². The van der Waals surface area contributed by atoms with E-state index in [9.17, 15) is 4.79 Å². The van der Waals surface area contributed by atoms with Crippen LogP contribution in [-0.4, -0.2) is 24.4 Å². The lowest BCUT2D eigenvalue weighted by Gasteiger charge is -2.03. The zero-order valence-corrected chi connectivity index (χ0v) is 22.5. The molecular weight excluding hydrogens is 549 g/mol. The van der Waals surface area contributed by atoms with Crippen molar-refractivity contribution in [1.82, 2.24) is 24.4 Å². The van der Waals surface area contributed by atoms with E-state index in [-0.39, 0.29) is 5.56 Å². The molecule has 3 heterocycles. The molecule has 0 radical (unpaired) electrons. The molecule has 0 saturated heterocycles. The van der Waals surface area contributed by atoms with Crippen molar-refractivity contribution in [3.8, 4) is 28.3 Å². The van der Waals surface area contributed by atoms with Crippen LogP contribution in [0.15, 0.2) is 102 Å². The van der Waals surface area contributed by atoms with Crippen molar-refractivity contribution in [2.75, 3.05) is 0 Å². The van der Waals surface area contributed by atoms with Gasteiger partial charge in [-0.1, -0.05) is 89.1 Å². The highest BCUT2D eigenvalue weighted by Gasteiger charge is 2.16. The quantitative estimate of drug-likeness (QED) is 0.239. The van der Waals surface area contributed by atoms with Gasteiger partial charge in [0.1, 0.15) is 5.69 Å². The highest BCUT2D eigenvalue weighted by Crippen LogP contribution is 2.30. The first-order valence-electron chi connectivity index (χ1n) is 12.0. The molecule has 0 aliphatic rings. The summed E-state index contributed by atoms with van der Waals surface area (Å²) in [4.78, 5) is 18.4. The molecule has 0 saturated carbocycles. The summed E-state index contributed by atoms with van der Waals surface area (Å²) >= 11 is 13.6. The largest absolute Gasteiger partial charge is 0.291 e. The fourth-order valence-electron chi connectivity index (χ4n) is 4.53. The van der Waals surface area contributed by atoms with Crippen LogP contribution in [0.5, 0.6) is 0 Å². The molecule has 4 aromatic carbocycles. The second-order valence-corrected chi connectivity index (χ2v) is 10.8. The fourth-order valence-corrected chi connectivity index (χ4v) is 5.92. The Morgan fingerprint density at radius 3 is 2.41 bits per heavy atom. The number of hydrogen-bond donors (Lipinski definition) is 0. The minimum absolute atomic E-state index is 0.254. The number of para-hydroxylation sites is 1. The average Bonchev–Trinajstić information content (AvgIpc) is 3.64. The van der Waals surface area contributed by atoms with Crippen LogP contribution in [0.25, 0.3) is 50.1 Å². The SMILES string of the molecule is O=c1/c(=C/c2cn(-c3ccccc3)nc2-c2ccc3ccccc3c2)sc2nc(-c3ccc(Cl)cc3Cl)nn12. The standard InChI is InChI=1S/C30H17Cl2N5OS/c31-22-12-13-24(25(32)16-22)28-33-30-37(35-28)29(38)26(39-30)15-21-17-36(23-8-2-1-3-9-23)34-27(21)20-11-10-18-6-4-5-7-19(18)14-20/h1-17H/b26-15-. The van der Waals surface area contributed by atoms with Crippen LogP contribution in [0.3, 0.4) is 0 Å². The van der Waals surface area contributed by atoms with Crippen molar-refractivity contribution >= 4 is 56.3 Å². The molecule has 188 valence electrons. The van der Waals surface area contributed by atoms with E-state index in [2.05, 4.69) is 40.4 Å². The van der Waals surface area contributed by atoms with Crippen LogP contribution in [0.4, 0.5) is 0 Å². The number of hydrogen-bond acceptors (Lipinski definition) is 5. The van der Waals surface area contributed by atoms with Crippen LogP contribution in [0, 0.1) is 0 Å². The topological polar surface area (TPSA) is 65.1 Å². The second-order valence-electron chi connectivity index (χ2n) is 8.94. The molecule has 0 fully saturated rings. The van der Waals surface area contributed by atoms with Gasteiger partial charge in [-0.15, -0.1) is 5.10 Å². The Kier molecular flexibility index (Phi) is 5.77. The molecule has 0 spiro atoms. The molecule has 6 nitrogen and oxygen atoms in total. The molecule has 0 amide bonds. The van der Waals surface area contributed by atoms with Crippen molar-refractivity contribution < 1.29 is 0 Å². The van der Waals surface area contributed by atoms with Gasteiger partial charge in [0.25, 0.3) is 5.56 Å². The Labute approximate surface area is 236 Å². The number of benzene rings is 4. The molecule has 0 atom stereocenters. The van der Waals surface area contributed by atoms with Crippen LogP contribution >= 0.6 is 34.5 Å². The van der Waals surface area contributed by atoms with Crippen molar-refractivity contribution in [2.24, 2.45) is 0 Å². The third kappa shape index (κ3) is 4.30. The lowest BCUT2D eigenvalue weighted by atomic mass is 10.0. The van der Waals surface area contributed by atoms with E-state index in [0.717, 1.165) is 33.3 Å². The Morgan fingerprint density at radius 2 is 1.62 bits per heavy atom. The normalized spacial score (nSPS) is 12.1. The van der Waals surface area contributed by atoms with Crippen LogP contribution in [-0.2, 0) is 0 Å². The lowest BCUT2D eigenvalue weighted by Crippen LogP contribution is -2.23. The van der Waals surface area contributed by atoms with Crippen molar-refractivity contribution in [2.45, 2.75) is 0 Å². The average molecular weight is 566 g/mol. The molecule has 7 aromatic rings. The van der Waals surface area contributed by atoms with Gasteiger partial charge >= 0.3 is 0 Å². The predicted octanol–water partition coefficient (Wildman–Crippen LogP) is 6.68. The molecule has 0 unspecified atom stereocenters. The first-order chi connectivity index (χ1) is 19.0. The van der Waals surface area contributed by atoms with Gasteiger partial charge in [-0.25, -0.2) is 4.68 Å². The predicted molar refractivity (Wildman–Crippen MR) is 158 cm³/mol. The zero-order chi connectivity index (χ0) is 26.5. The van der Waals surface area contributed by atoms with E-state index in [0.29, 0.717) is 30.9 Å². The van der Waals surface area contributed by atoms with Gasteiger partial charge in [-0.3, -0.25) is 4.79 Å². The van der Waals surface area contributed by atoms with Crippen LogP contribution in [0.1, 0.15) is 5.56 Å². The van der Waals surface area contributed by atoms with Gasteiger partial charge in [0.15, 0.2) is 5.82 Å². The molecular formula is C30H17Cl2N5OS. The molecule has 0 bridgehead atoms. The molecule has 9 heteroatoms. The molecule has 0 aliphatic carbocycles. The van der Waals surface area contributed by atoms with E-state index in [4.69, 9.17) is 28.3 Å². The van der Waals surface area contributed by atoms with Crippen molar-refractivity contribution in [3.05, 3.63) is 128 Å². The third-order valence-electron chi connectivity index (χ3n) is 6.43. The van der Waals surface area contributed by atoms with E-state index in [1.54, 1.807) is 18.2 Å². The van der Waals surface area contributed by atoms with Gasteiger partial charge in [0.2, 0.25) is 4.96 Å².